The van der Waals surface area contributed by atoms with Crippen molar-refractivity contribution in [1.82, 2.24) is 9.80 Å². The van der Waals surface area contributed by atoms with Gasteiger partial charge in [0, 0.05) is 19.6 Å². The van der Waals surface area contributed by atoms with Crippen LogP contribution in [0.3, 0.4) is 0 Å². The van der Waals surface area contributed by atoms with Gasteiger partial charge in [0.25, 0.3) is 0 Å². The second kappa shape index (κ2) is 8.63. The minimum absolute atomic E-state index is 0.153. The van der Waals surface area contributed by atoms with Crippen molar-refractivity contribution in [2.45, 2.75) is 53.0 Å². The Morgan fingerprint density at radius 3 is 2.25 bits per heavy atom. The van der Waals surface area contributed by atoms with Gasteiger partial charge in [-0.1, -0.05) is 34.1 Å². The predicted molar refractivity (Wildman–Crippen MR) is 84.5 cm³/mol. The summed E-state index contributed by atoms with van der Waals surface area (Å²) in [5, 5.41) is 0. The third-order valence-corrected chi connectivity index (χ3v) is 4.88. The van der Waals surface area contributed by atoms with Gasteiger partial charge < -0.3 is 15.5 Å². The molecular formula is C16H33N3O. The van der Waals surface area contributed by atoms with E-state index in [1.807, 2.05) is 4.90 Å². The molecule has 118 valence electrons. The van der Waals surface area contributed by atoms with Crippen LogP contribution >= 0.6 is 0 Å². The number of nitrogens with zero attached hydrogens (tertiary/aromatic N) is 2. The summed E-state index contributed by atoms with van der Waals surface area (Å²) in [6.45, 7) is 13.8. The third-order valence-electron chi connectivity index (χ3n) is 4.88. The van der Waals surface area contributed by atoms with E-state index in [1.165, 1.54) is 6.54 Å². The molecule has 1 aliphatic rings. The van der Waals surface area contributed by atoms with Crippen LogP contribution in [-0.2, 0) is 4.79 Å². The summed E-state index contributed by atoms with van der Waals surface area (Å²) in [6, 6.07) is -0.320. The molecule has 4 heteroatoms. The summed E-state index contributed by atoms with van der Waals surface area (Å²) >= 11 is 0. The molecule has 0 saturated carbocycles. The lowest BCUT2D eigenvalue weighted by Gasteiger charge is -2.36. The molecule has 0 radical (unpaired) electrons. The molecule has 1 fully saturated rings. The second-order valence-corrected chi connectivity index (χ2v) is 6.17. The molecule has 1 heterocycles. The second-order valence-electron chi connectivity index (χ2n) is 6.17. The number of likely N-dealkylation sites (tertiary alicyclic amines) is 1. The molecule has 0 aromatic rings. The number of nitrogens with two attached hydrogens (primary N) is 1. The molecule has 4 nitrogen and oxygen atoms in total. The summed E-state index contributed by atoms with van der Waals surface area (Å²) in [5.74, 6) is 1.16. The zero-order valence-electron chi connectivity index (χ0n) is 13.8. The van der Waals surface area contributed by atoms with Gasteiger partial charge in [-0.05, 0) is 37.8 Å². The van der Waals surface area contributed by atoms with Crippen molar-refractivity contribution in [3.05, 3.63) is 0 Å². The van der Waals surface area contributed by atoms with E-state index in [1.54, 1.807) is 0 Å². The Hall–Kier alpha value is -0.610. The molecular weight excluding hydrogens is 250 g/mol. The smallest absolute Gasteiger partial charge is 0.239 e. The van der Waals surface area contributed by atoms with Crippen LogP contribution in [0, 0.1) is 11.8 Å². The highest BCUT2D eigenvalue weighted by Crippen LogP contribution is 2.20. The first-order chi connectivity index (χ1) is 9.53. The number of carbonyl (C=O) groups excluding carboxylic acids is 1. The van der Waals surface area contributed by atoms with E-state index < -0.39 is 0 Å². The molecule has 0 aromatic heterocycles. The van der Waals surface area contributed by atoms with E-state index >= 15 is 0 Å². The minimum Gasteiger partial charge on any atom is -0.341 e. The number of rotatable bonds is 7. The summed E-state index contributed by atoms with van der Waals surface area (Å²) in [5.41, 5.74) is 6.06. The molecule has 0 spiro atoms. The average Bonchev–Trinajstić information content (AvgIpc) is 2.50. The minimum atomic E-state index is -0.320. The summed E-state index contributed by atoms with van der Waals surface area (Å²) < 4.78 is 0. The van der Waals surface area contributed by atoms with E-state index in [0.29, 0.717) is 0 Å². The predicted octanol–water partition coefficient (Wildman–Crippen LogP) is 1.94. The largest absolute Gasteiger partial charge is 0.341 e. The topological polar surface area (TPSA) is 49.6 Å². The fourth-order valence-electron chi connectivity index (χ4n) is 2.89. The first kappa shape index (κ1) is 17.4. The molecule has 2 atom stereocenters. The molecule has 1 saturated heterocycles. The van der Waals surface area contributed by atoms with Gasteiger partial charge in [-0.25, -0.2) is 0 Å². The van der Waals surface area contributed by atoms with Crippen LogP contribution in [0.25, 0.3) is 0 Å². The summed E-state index contributed by atoms with van der Waals surface area (Å²) in [4.78, 5) is 16.8. The maximum atomic E-state index is 12.3. The Morgan fingerprint density at radius 2 is 1.80 bits per heavy atom. The van der Waals surface area contributed by atoms with E-state index in [4.69, 9.17) is 5.73 Å². The zero-order chi connectivity index (χ0) is 15.1. The Bertz CT molecular complexity index is 283. The zero-order valence-corrected chi connectivity index (χ0v) is 13.8. The van der Waals surface area contributed by atoms with Crippen molar-refractivity contribution < 1.29 is 4.79 Å². The van der Waals surface area contributed by atoms with E-state index in [-0.39, 0.29) is 17.9 Å². The molecule has 1 unspecified atom stereocenters. The lowest BCUT2D eigenvalue weighted by Crippen LogP contribution is -2.50. The van der Waals surface area contributed by atoms with Gasteiger partial charge in [-0.2, -0.15) is 0 Å². The van der Waals surface area contributed by atoms with Crippen LogP contribution in [0.4, 0.5) is 0 Å². The molecule has 1 aliphatic heterocycles. The molecule has 20 heavy (non-hydrogen) atoms. The van der Waals surface area contributed by atoms with Crippen molar-refractivity contribution in [1.29, 1.82) is 0 Å². The van der Waals surface area contributed by atoms with Crippen LogP contribution in [0.5, 0.6) is 0 Å². The normalized spacial score (nSPS) is 20.2. The van der Waals surface area contributed by atoms with Gasteiger partial charge in [0.05, 0.1) is 6.04 Å². The highest BCUT2D eigenvalue weighted by Gasteiger charge is 2.28. The van der Waals surface area contributed by atoms with E-state index in [9.17, 15) is 4.79 Å². The quantitative estimate of drug-likeness (QED) is 0.777. The third kappa shape index (κ3) is 4.74. The maximum Gasteiger partial charge on any atom is 0.239 e. The molecule has 0 aromatic carbocycles. The van der Waals surface area contributed by atoms with Crippen molar-refractivity contribution in [3.63, 3.8) is 0 Å². The standard InChI is InChI=1S/C16H33N3O/c1-5-13(4)15(17)16(20)19-10-8-14(9-11-19)12-18(6-2)7-3/h13-15H,5-12,17H2,1-4H3/t13?,15-/m0/s1. The van der Waals surface area contributed by atoms with Gasteiger partial charge in [-0.15, -0.1) is 0 Å². The van der Waals surface area contributed by atoms with Gasteiger partial charge in [0.2, 0.25) is 5.91 Å². The van der Waals surface area contributed by atoms with Crippen LogP contribution < -0.4 is 5.73 Å². The number of hydrogen-bond donors (Lipinski definition) is 1. The van der Waals surface area contributed by atoms with Gasteiger partial charge in [0.1, 0.15) is 0 Å². The highest BCUT2D eigenvalue weighted by atomic mass is 16.2. The average molecular weight is 283 g/mol. The molecule has 0 aliphatic carbocycles. The molecule has 1 amide bonds. The Morgan fingerprint density at radius 1 is 1.25 bits per heavy atom. The summed E-state index contributed by atoms with van der Waals surface area (Å²) in [7, 11) is 0. The lowest BCUT2D eigenvalue weighted by molar-refractivity contribution is -0.135. The molecule has 1 rings (SSSR count). The van der Waals surface area contributed by atoms with Crippen LogP contribution in [0.1, 0.15) is 47.0 Å². The first-order valence-corrected chi connectivity index (χ1v) is 8.30. The van der Waals surface area contributed by atoms with Crippen molar-refractivity contribution in [2.24, 2.45) is 17.6 Å². The first-order valence-electron chi connectivity index (χ1n) is 8.30. The van der Waals surface area contributed by atoms with Crippen molar-refractivity contribution in [2.75, 3.05) is 32.7 Å². The fraction of sp³-hybridized carbons (Fsp3) is 0.938. The molecule has 0 bridgehead atoms. The van der Waals surface area contributed by atoms with E-state index in [0.717, 1.165) is 51.4 Å². The number of carbonyl (C=O) groups is 1. The molecule has 2 N–H and O–H groups in total. The fourth-order valence-corrected chi connectivity index (χ4v) is 2.89. The van der Waals surface area contributed by atoms with Gasteiger partial charge >= 0.3 is 0 Å². The van der Waals surface area contributed by atoms with Crippen LogP contribution in [0.2, 0.25) is 0 Å². The summed E-state index contributed by atoms with van der Waals surface area (Å²) in [6.07, 6.45) is 3.20. The number of hydrogen-bond acceptors (Lipinski definition) is 3. The van der Waals surface area contributed by atoms with Crippen molar-refractivity contribution in [3.8, 4) is 0 Å². The maximum absolute atomic E-state index is 12.3. The highest BCUT2D eigenvalue weighted by molar-refractivity contribution is 5.82. The number of amides is 1. The lowest BCUT2D eigenvalue weighted by atomic mass is 9.93. The van der Waals surface area contributed by atoms with Crippen molar-refractivity contribution >= 4 is 5.91 Å². The van der Waals surface area contributed by atoms with Crippen LogP contribution in [-0.4, -0.2) is 54.5 Å². The monoisotopic (exact) mass is 283 g/mol. The van der Waals surface area contributed by atoms with Crippen LogP contribution in [0.15, 0.2) is 0 Å². The van der Waals surface area contributed by atoms with E-state index in [2.05, 4.69) is 32.6 Å². The number of piperidine rings is 1. The van der Waals surface area contributed by atoms with Gasteiger partial charge in [-0.3, -0.25) is 4.79 Å². The SMILES string of the molecule is CCC(C)[C@H](N)C(=O)N1CCC(CN(CC)CC)CC1. The Balaban J connectivity index is 2.40. The Labute approximate surface area is 124 Å². The Kier molecular flexibility index (Phi) is 7.52. The van der Waals surface area contributed by atoms with Gasteiger partial charge in [0.15, 0.2) is 0 Å².